The Balaban J connectivity index is 1.85. The number of rotatable bonds is 4. The number of halogens is 1. The van der Waals surface area contributed by atoms with Crippen LogP contribution in [0.15, 0.2) is 35.0 Å². The molecule has 0 aliphatic rings. The molecule has 0 aliphatic carbocycles. The minimum absolute atomic E-state index is 0.108. The molecule has 0 spiro atoms. The van der Waals surface area contributed by atoms with Gasteiger partial charge in [-0.2, -0.15) is 4.98 Å². The lowest BCUT2D eigenvalue weighted by Gasteiger charge is -1.97. The van der Waals surface area contributed by atoms with E-state index in [1.54, 1.807) is 19.1 Å². The summed E-state index contributed by atoms with van der Waals surface area (Å²) in [7, 11) is 0. The predicted octanol–water partition coefficient (Wildman–Crippen LogP) is 1.63. The van der Waals surface area contributed by atoms with E-state index in [0.717, 1.165) is 0 Å². The smallest absolute Gasteiger partial charge is 0.397 e. The first kappa shape index (κ1) is 13.9. The third-order valence-electron chi connectivity index (χ3n) is 2.69. The number of carbonyl (C=O) groups excluding carboxylic acids is 1. The molecule has 0 fully saturated rings. The molecule has 0 bridgehead atoms. The first-order chi connectivity index (χ1) is 10.7. The molecule has 0 radical (unpaired) electrons. The maximum Gasteiger partial charge on any atom is 0.397 e. The number of hydrogen-bond donors (Lipinski definition) is 0. The van der Waals surface area contributed by atoms with Crippen LogP contribution in [0, 0.1) is 5.82 Å². The fourth-order valence-corrected chi connectivity index (χ4v) is 1.69. The third kappa shape index (κ3) is 2.68. The van der Waals surface area contributed by atoms with Gasteiger partial charge in [-0.1, -0.05) is 10.4 Å². The summed E-state index contributed by atoms with van der Waals surface area (Å²) in [5, 5.41) is 11.4. The van der Waals surface area contributed by atoms with Crippen molar-refractivity contribution >= 4 is 5.97 Å². The normalized spacial score (nSPS) is 10.6. The highest BCUT2D eigenvalue weighted by atomic mass is 19.1. The summed E-state index contributed by atoms with van der Waals surface area (Å²) in [6, 6.07) is 5.72. The van der Waals surface area contributed by atoms with Gasteiger partial charge in [0.25, 0.3) is 0 Å². The Bertz CT molecular complexity index is 796. The number of esters is 1. The van der Waals surface area contributed by atoms with E-state index in [4.69, 9.17) is 9.26 Å². The van der Waals surface area contributed by atoms with Crippen molar-refractivity contribution in [3.8, 4) is 17.2 Å². The molecule has 3 aromatic rings. The summed E-state index contributed by atoms with van der Waals surface area (Å²) in [6.45, 7) is 1.88. The second kappa shape index (κ2) is 5.72. The maximum atomic E-state index is 12.9. The topological polar surface area (TPSA) is 95.9 Å². The van der Waals surface area contributed by atoms with E-state index >= 15 is 0 Å². The number of nitrogens with zero attached hydrogens (tertiary/aromatic N) is 5. The molecule has 0 saturated heterocycles. The molecule has 2 heterocycles. The molecule has 0 unspecified atom stereocenters. The third-order valence-corrected chi connectivity index (χ3v) is 2.69. The summed E-state index contributed by atoms with van der Waals surface area (Å²) in [6.07, 6.45) is 1.53. The van der Waals surface area contributed by atoms with Crippen molar-refractivity contribution in [2.75, 3.05) is 6.61 Å². The second-order valence-corrected chi connectivity index (χ2v) is 4.17. The molecule has 0 atom stereocenters. The molecular formula is C13H10FN5O3. The molecule has 0 amide bonds. The van der Waals surface area contributed by atoms with Gasteiger partial charge in [-0.3, -0.25) is 0 Å². The van der Waals surface area contributed by atoms with Crippen molar-refractivity contribution in [3.63, 3.8) is 0 Å². The van der Waals surface area contributed by atoms with E-state index in [0.29, 0.717) is 11.4 Å². The number of ether oxygens (including phenoxy) is 1. The van der Waals surface area contributed by atoms with Gasteiger partial charge >= 0.3 is 11.9 Å². The summed E-state index contributed by atoms with van der Waals surface area (Å²) >= 11 is 0. The molecule has 0 N–H and O–H groups in total. The molecule has 1 aromatic carbocycles. The summed E-state index contributed by atoms with van der Waals surface area (Å²) in [5.74, 6) is -1.20. The minimum atomic E-state index is -0.702. The maximum absolute atomic E-state index is 12.9. The monoisotopic (exact) mass is 303 g/mol. The van der Waals surface area contributed by atoms with Crippen LogP contribution in [0.2, 0.25) is 0 Å². The molecule has 112 valence electrons. The van der Waals surface area contributed by atoms with Crippen LogP contribution < -0.4 is 0 Å². The van der Waals surface area contributed by atoms with Gasteiger partial charge in [0.2, 0.25) is 5.82 Å². The first-order valence-electron chi connectivity index (χ1n) is 6.37. The number of aromatic nitrogens is 5. The number of carbonyl (C=O) groups is 1. The van der Waals surface area contributed by atoms with E-state index in [2.05, 4.69) is 20.5 Å². The lowest BCUT2D eigenvalue weighted by atomic mass is 10.3. The van der Waals surface area contributed by atoms with Gasteiger partial charge < -0.3 is 9.26 Å². The molecule has 0 saturated carbocycles. The van der Waals surface area contributed by atoms with Crippen molar-refractivity contribution in [2.45, 2.75) is 6.92 Å². The predicted molar refractivity (Wildman–Crippen MR) is 70.6 cm³/mol. The summed E-state index contributed by atoms with van der Waals surface area (Å²) in [4.78, 5) is 15.3. The Labute approximate surface area is 123 Å². The van der Waals surface area contributed by atoms with E-state index < -0.39 is 5.97 Å². The highest BCUT2D eigenvalue weighted by Crippen LogP contribution is 2.15. The highest BCUT2D eigenvalue weighted by molar-refractivity contribution is 5.84. The van der Waals surface area contributed by atoms with Crippen molar-refractivity contribution in [1.82, 2.24) is 25.1 Å². The fourth-order valence-electron chi connectivity index (χ4n) is 1.69. The van der Waals surface area contributed by atoms with Crippen molar-refractivity contribution in [3.05, 3.63) is 42.2 Å². The molecular weight excluding hydrogens is 293 g/mol. The molecule has 3 rings (SSSR count). The van der Waals surface area contributed by atoms with Crippen LogP contribution in [0.5, 0.6) is 0 Å². The van der Waals surface area contributed by atoms with Crippen LogP contribution in [0.3, 0.4) is 0 Å². The fraction of sp³-hybridized carbons (Fsp3) is 0.154. The van der Waals surface area contributed by atoms with E-state index in [1.807, 2.05) is 0 Å². The van der Waals surface area contributed by atoms with Crippen LogP contribution in [-0.4, -0.2) is 37.7 Å². The van der Waals surface area contributed by atoms with Gasteiger partial charge in [0, 0.05) is 0 Å². The first-order valence-corrected chi connectivity index (χ1v) is 6.37. The van der Waals surface area contributed by atoms with Crippen LogP contribution in [0.25, 0.3) is 17.2 Å². The molecule has 2 aromatic heterocycles. The highest BCUT2D eigenvalue weighted by Gasteiger charge is 2.19. The Morgan fingerprint density at radius 1 is 1.36 bits per heavy atom. The number of hydrogen-bond acceptors (Lipinski definition) is 7. The standard InChI is InChI=1S/C13H10FN5O3/c1-2-21-13(20)12-15-11(17-22-12)10-7-19(18-16-10)9-5-3-8(14)4-6-9/h3-7H,2H2,1H3. The van der Waals surface area contributed by atoms with Gasteiger partial charge in [-0.05, 0) is 31.2 Å². The van der Waals surface area contributed by atoms with Crippen LogP contribution >= 0.6 is 0 Å². The van der Waals surface area contributed by atoms with Gasteiger partial charge in [0.05, 0.1) is 18.5 Å². The Morgan fingerprint density at radius 2 is 2.14 bits per heavy atom. The Hall–Kier alpha value is -3.10. The zero-order valence-electron chi connectivity index (χ0n) is 11.4. The lowest BCUT2D eigenvalue weighted by molar-refractivity contribution is 0.0470. The average Bonchev–Trinajstić information content (AvgIpc) is 3.17. The van der Waals surface area contributed by atoms with Crippen LogP contribution in [0.4, 0.5) is 4.39 Å². The summed E-state index contributed by atoms with van der Waals surface area (Å²) in [5.41, 5.74) is 0.929. The minimum Gasteiger partial charge on any atom is -0.459 e. The van der Waals surface area contributed by atoms with Crippen molar-refractivity contribution in [1.29, 1.82) is 0 Å². The number of benzene rings is 1. The van der Waals surface area contributed by atoms with Crippen molar-refractivity contribution < 1.29 is 18.4 Å². The SMILES string of the molecule is CCOC(=O)c1nc(-c2cn(-c3ccc(F)cc3)nn2)no1. The lowest BCUT2D eigenvalue weighted by Crippen LogP contribution is -2.04. The Morgan fingerprint density at radius 3 is 2.86 bits per heavy atom. The van der Waals surface area contributed by atoms with Gasteiger partial charge in [0.1, 0.15) is 5.82 Å². The average molecular weight is 303 g/mol. The second-order valence-electron chi connectivity index (χ2n) is 4.17. The molecule has 0 aliphatic heterocycles. The van der Waals surface area contributed by atoms with E-state index in [-0.39, 0.29) is 24.1 Å². The zero-order chi connectivity index (χ0) is 15.5. The largest absolute Gasteiger partial charge is 0.459 e. The molecule has 8 nitrogen and oxygen atoms in total. The van der Waals surface area contributed by atoms with Gasteiger partial charge in [0.15, 0.2) is 5.69 Å². The summed E-state index contributed by atoms with van der Waals surface area (Å²) < 4.78 is 23.9. The van der Waals surface area contributed by atoms with E-state index in [9.17, 15) is 9.18 Å². The van der Waals surface area contributed by atoms with E-state index in [1.165, 1.54) is 23.0 Å². The Kier molecular flexibility index (Phi) is 3.60. The zero-order valence-corrected chi connectivity index (χ0v) is 11.4. The molecule has 9 heteroatoms. The van der Waals surface area contributed by atoms with Crippen LogP contribution in [0.1, 0.15) is 17.6 Å². The molecule has 22 heavy (non-hydrogen) atoms. The van der Waals surface area contributed by atoms with Gasteiger partial charge in [-0.15, -0.1) is 5.10 Å². The van der Waals surface area contributed by atoms with Gasteiger partial charge in [-0.25, -0.2) is 13.9 Å². The van der Waals surface area contributed by atoms with Crippen LogP contribution in [-0.2, 0) is 4.74 Å². The quantitative estimate of drug-likeness (QED) is 0.676. The van der Waals surface area contributed by atoms with Crippen molar-refractivity contribution in [2.24, 2.45) is 0 Å².